The number of rotatable bonds is 9. The van der Waals surface area contributed by atoms with Gasteiger partial charge in [-0.25, -0.2) is 13.2 Å². The lowest BCUT2D eigenvalue weighted by Crippen LogP contribution is -2.32. The van der Waals surface area contributed by atoms with E-state index >= 15 is 4.39 Å². The lowest BCUT2D eigenvalue weighted by molar-refractivity contribution is -0.203. The normalized spacial score (nSPS) is 18.3. The van der Waals surface area contributed by atoms with Crippen LogP contribution < -0.4 is 0 Å². The van der Waals surface area contributed by atoms with Crippen LogP contribution in [0.2, 0.25) is 0 Å². The van der Waals surface area contributed by atoms with Gasteiger partial charge in [-0.05, 0) is 66.3 Å². The second-order valence-corrected chi connectivity index (χ2v) is 9.39. The van der Waals surface area contributed by atoms with E-state index in [0.717, 1.165) is 18.4 Å². The molecule has 0 radical (unpaired) electrons. The average Bonchev–Trinajstić information content (AvgIpc) is 2.85. The van der Waals surface area contributed by atoms with Crippen molar-refractivity contribution in [3.05, 3.63) is 94.8 Å². The molecule has 0 aromatic heterocycles. The molecule has 0 atom stereocenters. The lowest BCUT2D eigenvalue weighted by Gasteiger charge is -2.29. The maximum atomic E-state index is 15.1. The van der Waals surface area contributed by atoms with Gasteiger partial charge in [-0.3, -0.25) is 0 Å². The first-order valence-electron chi connectivity index (χ1n) is 12.2. The van der Waals surface area contributed by atoms with Gasteiger partial charge in [0.1, 0.15) is 23.0 Å². The highest BCUT2D eigenvalue weighted by Gasteiger charge is 2.37. The van der Waals surface area contributed by atoms with Crippen molar-refractivity contribution in [1.29, 1.82) is 0 Å². The van der Waals surface area contributed by atoms with Gasteiger partial charge in [0.2, 0.25) is 0 Å². The third-order valence-electron chi connectivity index (χ3n) is 6.65. The molecule has 1 aliphatic heterocycles. The molecule has 1 aliphatic rings. The van der Waals surface area contributed by atoms with Crippen molar-refractivity contribution >= 4 is 10.8 Å². The summed E-state index contributed by atoms with van der Waals surface area (Å²) in [5.74, 6) is -3.43. The molecule has 1 fully saturated rings. The number of alkyl halides is 3. The van der Waals surface area contributed by atoms with Gasteiger partial charge in [-0.2, -0.15) is 13.2 Å². The summed E-state index contributed by atoms with van der Waals surface area (Å²) >= 11 is 0. The maximum absolute atomic E-state index is 15.1. The molecule has 2 nitrogen and oxygen atoms in total. The molecule has 4 rings (SSSR count). The number of halogens is 6. The molecule has 8 heteroatoms. The Morgan fingerprint density at radius 2 is 1.54 bits per heavy atom. The third kappa shape index (κ3) is 6.73. The number of ether oxygens (including phenoxy) is 2. The van der Waals surface area contributed by atoms with Crippen molar-refractivity contribution < 1.29 is 35.8 Å². The van der Waals surface area contributed by atoms with E-state index in [2.05, 4.69) is 6.58 Å². The first-order valence-corrected chi connectivity index (χ1v) is 12.2. The summed E-state index contributed by atoms with van der Waals surface area (Å²) < 4.78 is 92.8. The Morgan fingerprint density at radius 1 is 0.838 bits per heavy atom. The Kier molecular flexibility index (Phi) is 8.60. The number of benzene rings is 3. The summed E-state index contributed by atoms with van der Waals surface area (Å²) in [5, 5.41) is 1.11. The van der Waals surface area contributed by atoms with E-state index in [9.17, 15) is 22.0 Å². The quantitative estimate of drug-likeness (QED) is 0.210. The zero-order chi connectivity index (χ0) is 26.6. The van der Waals surface area contributed by atoms with Gasteiger partial charge in [0.15, 0.2) is 6.29 Å². The van der Waals surface area contributed by atoms with Gasteiger partial charge in [0.05, 0.1) is 13.2 Å². The number of aryl methyl sites for hydroxylation is 3. The standard InChI is InChI=1S/C29H28F6O2/c1-2-3-4-20-16-36-26(37-17-20)12-7-18-6-11-23-22(13-18)10-9-21(28(23)32)8-5-19-14-24(30)27(25(31)15-19)29(33,34)35/h2,6,9-11,13-15,20,26H,1,3-5,7-8,12,16-17H2. The predicted molar refractivity (Wildman–Crippen MR) is 130 cm³/mol. The van der Waals surface area contributed by atoms with Crippen molar-refractivity contribution in [2.75, 3.05) is 13.2 Å². The van der Waals surface area contributed by atoms with Crippen LogP contribution in [0.5, 0.6) is 0 Å². The molecule has 3 aromatic rings. The maximum Gasteiger partial charge on any atom is 0.422 e. The molecule has 37 heavy (non-hydrogen) atoms. The van der Waals surface area contributed by atoms with Crippen LogP contribution in [-0.2, 0) is 34.9 Å². The Labute approximate surface area is 211 Å². The second-order valence-electron chi connectivity index (χ2n) is 9.39. The molecule has 0 saturated carbocycles. The van der Waals surface area contributed by atoms with Crippen LogP contribution in [0.25, 0.3) is 10.8 Å². The smallest absolute Gasteiger partial charge is 0.352 e. The highest BCUT2D eigenvalue weighted by Crippen LogP contribution is 2.34. The fourth-order valence-corrected chi connectivity index (χ4v) is 4.61. The molecule has 198 valence electrons. The van der Waals surface area contributed by atoms with E-state index in [0.29, 0.717) is 60.4 Å². The highest BCUT2D eigenvalue weighted by molar-refractivity contribution is 5.84. The predicted octanol–water partition coefficient (Wildman–Crippen LogP) is 7.95. The molecule has 0 amide bonds. The third-order valence-corrected chi connectivity index (χ3v) is 6.65. The summed E-state index contributed by atoms with van der Waals surface area (Å²) in [6.45, 7) is 5.06. The topological polar surface area (TPSA) is 18.5 Å². The Morgan fingerprint density at radius 3 is 2.19 bits per heavy atom. The lowest BCUT2D eigenvalue weighted by atomic mass is 9.97. The van der Waals surface area contributed by atoms with Gasteiger partial charge in [0.25, 0.3) is 0 Å². The zero-order valence-electron chi connectivity index (χ0n) is 20.2. The van der Waals surface area contributed by atoms with Gasteiger partial charge < -0.3 is 9.47 Å². The molecule has 0 aliphatic carbocycles. The van der Waals surface area contributed by atoms with Crippen LogP contribution >= 0.6 is 0 Å². The molecular formula is C29H28F6O2. The van der Waals surface area contributed by atoms with Gasteiger partial charge in [-0.1, -0.05) is 36.4 Å². The van der Waals surface area contributed by atoms with Gasteiger partial charge >= 0.3 is 6.18 Å². The van der Waals surface area contributed by atoms with Crippen molar-refractivity contribution in [3.8, 4) is 0 Å². The van der Waals surface area contributed by atoms with E-state index in [1.807, 2.05) is 18.2 Å². The van der Waals surface area contributed by atoms with E-state index in [1.54, 1.807) is 18.2 Å². The van der Waals surface area contributed by atoms with E-state index < -0.39 is 29.2 Å². The largest absolute Gasteiger partial charge is 0.422 e. The number of allylic oxidation sites excluding steroid dienone is 1. The molecule has 1 heterocycles. The van der Waals surface area contributed by atoms with Crippen molar-refractivity contribution in [2.45, 2.75) is 51.0 Å². The zero-order valence-corrected chi connectivity index (χ0v) is 20.2. The van der Waals surface area contributed by atoms with Crippen LogP contribution in [0.3, 0.4) is 0 Å². The fourth-order valence-electron chi connectivity index (χ4n) is 4.61. The summed E-state index contributed by atoms with van der Waals surface area (Å²) in [4.78, 5) is 0. The number of hydrogen-bond acceptors (Lipinski definition) is 2. The average molecular weight is 523 g/mol. The fraction of sp³-hybridized carbons (Fsp3) is 0.379. The van der Waals surface area contributed by atoms with E-state index in [4.69, 9.17) is 9.47 Å². The molecular weight excluding hydrogens is 494 g/mol. The summed E-state index contributed by atoms with van der Waals surface area (Å²) in [6.07, 6.45) is -0.127. The minimum absolute atomic E-state index is 0.0116. The monoisotopic (exact) mass is 522 g/mol. The minimum Gasteiger partial charge on any atom is -0.352 e. The van der Waals surface area contributed by atoms with E-state index in [-0.39, 0.29) is 24.7 Å². The summed E-state index contributed by atoms with van der Waals surface area (Å²) in [6, 6.07) is 10.1. The molecule has 0 N–H and O–H groups in total. The van der Waals surface area contributed by atoms with Crippen molar-refractivity contribution in [1.82, 2.24) is 0 Å². The van der Waals surface area contributed by atoms with Crippen LogP contribution in [0, 0.1) is 23.4 Å². The molecule has 0 bridgehead atoms. The van der Waals surface area contributed by atoms with Crippen LogP contribution in [0.4, 0.5) is 26.3 Å². The summed E-state index contributed by atoms with van der Waals surface area (Å²) in [7, 11) is 0. The van der Waals surface area contributed by atoms with Gasteiger partial charge in [0, 0.05) is 17.7 Å². The number of hydrogen-bond donors (Lipinski definition) is 0. The van der Waals surface area contributed by atoms with Gasteiger partial charge in [-0.15, -0.1) is 6.58 Å². The van der Waals surface area contributed by atoms with Crippen LogP contribution in [-0.4, -0.2) is 19.5 Å². The van der Waals surface area contributed by atoms with Crippen molar-refractivity contribution in [3.63, 3.8) is 0 Å². The van der Waals surface area contributed by atoms with E-state index in [1.165, 1.54) is 0 Å². The summed E-state index contributed by atoms with van der Waals surface area (Å²) in [5.41, 5.74) is -0.567. The molecule has 1 saturated heterocycles. The van der Waals surface area contributed by atoms with Crippen LogP contribution in [0.1, 0.15) is 41.5 Å². The Bertz CT molecular complexity index is 1220. The first kappa shape index (κ1) is 27.2. The van der Waals surface area contributed by atoms with Crippen molar-refractivity contribution in [2.24, 2.45) is 5.92 Å². The Hall–Kier alpha value is -2.84. The highest BCUT2D eigenvalue weighted by atomic mass is 19.4. The first-order chi connectivity index (χ1) is 17.7. The van der Waals surface area contributed by atoms with Crippen LogP contribution in [0.15, 0.2) is 55.1 Å². The second kappa shape index (κ2) is 11.7. The molecule has 0 spiro atoms. The minimum atomic E-state index is -5.12. The Balaban J connectivity index is 1.37. The number of fused-ring (bicyclic) bond motifs is 1. The SMILES string of the molecule is C=CCCC1COC(CCc2ccc3c(F)c(CCc4cc(F)c(C(F)(F)F)c(F)c4)ccc3c2)OC1. The molecule has 0 unspecified atom stereocenters. The molecule has 3 aromatic carbocycles.